The van der Waals surface area contributed by atoms with Crippen molar-refractivity contribution in [3.05, 3.63) is 29.6 Å². The van der Waals surface area contributed by atoms with Crippen LogP contribution in [0.2, 0.25) is 0 Å². The molecule has 0 saturated carbocycles. The maximum absolute atomic E-state index is 13.0. The fraction of sp³-hybridized carbons (Fsp3) is 0.300. The molecule has 0 aromatic heterocycles. The van der Waals surface area contributed by atoms with Gasteiger partial charge < -0.3 is 4.74 Å². The number of hydrogen-bond donors (Lipinski definition) is 1. The summed E-state index contributed by atoms with van der Waals surface area (Å²) >= 11 is 0. The number of methoxy groups -OCH3 is 1. The van der Waals surface area contributed by atoms with Crippen LogP contribution < -0.4 is 4.72 Å². The number of esters is 1. The zero-order valence-corrected chi connectivity index (χ0v) is 10.2. The van der Waals surface area contributed by atoms with Crippen molar-refractivity contribution in [2.24, 2.45) is 0 Å². The van der Waals surface area contributed by atoms with Crippen LogP contribution in [0.5, 0.6) is 0 Å². The molecule has 0 aliphatic carbocycles. The molecule has 7 heteroatoms. The SMILES string of the molecule is CCS(=O)(=O)Nc1cc(F)ccc1C(=O)OC. The van der Waals surface area contributed by atoms with E-state index >= 15 is 0 Å². The van der Waals surface area contributed by atoms with Gasteiger partial charge in [-0.15, -0.1) is 0 Å². The van der Waals surface area contributed by atoms with Crippen LogP contribution in [0.25, 0.3) is 0 Å². The van der Waals surface area contributed by atoms with Crippen LogP contribution in [0.1, 0.15) is 17.3 Å². The highest BCUT2D eigenvalue weighted by molar-refractivity contribution is 7.92. The molecule has 1 rings (SSSR count). The van der Waals surface area contributed by atoms with Crippen molar-refractivity contribution in [3.63, 3.8) is 0 Å². The van der Waals surface area contributed by atoms with E-state index in [1.807, 2.05) is 0 Å². The standard InChI is InChI=1S/C10H12FNO4S/c1-3-17(14,15)12-9-6-7(11)4-5-8(9)10(13)16-2/h4-6,12H,3H2,1-2H3. The van der Waals surface area contributed by atoms with Gasteiger partial charge in [0.05, 0.1) is 24.1 Å². The van der Waals surface area contributed by atoms with Crippen molar-refractivity contribution in [1.29, 1.82) is 0 Å². The lowest BCUT2D eigenvalue weighted by Gasteiger charge is -2.10. The summed E-state index contributed by atoms with van der Waals surface area (Å²) in [7, 11) is -2.42. The molecule has 0 aliphatic heterocycles. The molecule has 0 atom stereocenters. The van der Waals surface area contributed by atoms with Gasteiger partial charge >= 0.3 is 5.97 Å². The quantitative estimate of drug-likeness (QED) is 0.831. The van der Waals surface area contributed by atoms with E-state index in [1.165, 1.54) is 6.92 Å². The zero-order valence-electron chi connectivity index (χ0n) is 9.36. The topological polar surface area (TPSA) is 72.5 Å². The molecule has 1 aromatic carbocycles. The molecule has 0 fully saturated rings. The van der Waals surface area contributed by atoms with Gasteiger partial charge in [0, 0.05) is 0 Å². The lowest BCUT2D eigenvalue weighted by molar-refractivity contribution is 0.0602. The molecule has 94 valence electrons. The van der Waals surface area contributed by atoms with Crippen LogP contribution >= 0.6 is 0 Å². The number of sulfonamides is 1. The summed E-state index contributed by atoms with van der Waals surface area (Å²) in [5.74, 6) is -1.56. The van der Waals surface area contributed by atoms with Crippen LogP contribution in [0.4, 0.5) is 10.1 Å². The maximum atomic E-state index is 13.0. The van der Waals surface area contributed by atoms with Gasteiger partial charge in [-0.3, -0.25) is 4.72 Å². The number of halogens is 1. The predicted molar refractivity (Wildman–Crippen MR) is 60.8 cm³/mol. The third-order valence-corrected chi connectivity index (χ3v) is 3.32. The van der Waals surface area contributed by atoms with Gasteiger partial charge in [-0.1, -0.05) is 0 Å². The first kappa shape index (κ1) is 13.4. The summed E-state index contributed by atoms with van der Waals surface area (Å²) in [6.07, 6.45) is 0. The molecule has 0 unspecified atom stereocenters. The Balaban J connectivity index is 3.21. The molecule has 1 aromatic rings. The Morgan fingerprint density at radius 2 is 2.12 bits per heavy atom. The molecular formula is C10H12FNO4S. The molecule has 0 bridgehead atoms. The Hall–Kier alpha value is -1.63. The first-order valence-electron chi connectivity index (χ1n) is 4.78. The van der Waals surface area contributed by atoms with E-state index in [4.69, 9.17) is 0 Å². The van der Waals surface area contributed by atoms with Gasteiger partial charge in [-0.2, -0.15) is 0 Å². The fourth-order valence-corrected chi connectivity index (χ4v) is 1.78. The minimum Gasteiger partial charge on any atom is -0.465 e. The average molecular weight is 261 g/mol. The highest BCUT2D eigenvalue weighted by atomic mass is 32.2. The van der Waals surface area contributed by atoms with Crippen molar-refractivity contribution in [3.8, 4) is 0 Å². The van der Waals surface area contributed by atoms with E-state index in [9.17, 15) is 17.6 Å². The Kier molecular flexibility index (Phi) is 4.06. The number of benzene rings is 1. The molecule has 0 heterocycles. The second kappa shape index (κ2) is 5.13. The summed E-state index contributed by atoms with van der Waals surface area (Å²) in [6.45, 7) is 1.43. The van der Waals surface area contributed by atoms with E-state index in [1.54, 1.807) is 0 Å². The number of nitrogens with one attached hydrogen (secondary N) is 1. The maximum Gasteiger partial charge on any atom is 0.339 e. The summed E-state index contributed by atoms with van der Waals surface area (Å²) < 4.78 is 42.3. The fourth-order valence-electron chi connectivity index (χ4n) is 1.13. The van der Waals surface area contributed by atoms with Crippen molar-refractivity contribution in [2.45, 2.75) is 6.92 Å². The lowest BCUT2D eigenvalue weighted by atomic mass is 10.2. The smallest absolute Gasteiger partial charge is 0.339 e. The Bertz CT molecular complexity index is 527. The first-order valence-corrected chi connectivity index (χ1v) is 6.43. The number of rotatable bonds is 4. The molecule has 0 radical (unpaired) electrons. The molecule has 0 saturated heterocycles. The lowest BCUT2D eigenvalue weighted by Crippen LogP contribution is -2.17. The molecule has 0 aliphatic rings. The summed E-state index contributed by atoms with van der Waals surface area (Å²) in [5, 5.41) is 0. The van der Waals surface area contributed by atoms with Gasteiger partial charge in [0.15, 0.2) is 0 Å². The van der Waals surface area contributed by atoms with Crippen molar-refractivity contribution in [2.75, 3.05) is 17.6 Å². The normalized spacial score (nSPS) is 11.0. The van der Waals surface area contributed by atoms with Crippen LogP contribution in [0, 0.1) is 5.82 Å². The predicted octanol–water partition coefficient (Wildman–Crippen LogP) is 1.37. The van der Waals surface area contributed by atoms with Gasteiger partial charge in [-0.05, 0) is 25.1 Å². The molecule has 5 nitrogen and oxygen atoms in total. The largest absolute Gasteiger partial charge is 0.465 e. The zero-order chi connectivity index (χ0) is 13.1. The molecular weight excluding hydrogens is 249 g/mol. The third-order valence-electron chi connectivity index (χ3n) is 2.03. The summed E-state index contributed by atoms with van der Waals surface area (Å²) in [4.78, 5) is 11.3. The second-order valence-corrected chi connectivity index (χ2v) is 5.20. The van der Waals surface area contributed by atoms with E-state index < -0.39 is 21.8 Å². The number of carbonyl (C=O) groups excluding carboxylic acids is 1. The van der Waals surface area contributed by atoms with E-state index in [0.717, 1.165) is 25.3 Å². The van der Waals surface area contributed by atoms with Gasteiger partial charge in [0.2, 0.25) is 10.0 Å². The minimum absolute atomic E-state index is 0.0362. The van der Waals surface area contributed by atoms with Crippen molar-refractivity contribution < 1.29 is 22.3 Å². The van der Waals surface area contributed by atoms with E-state index in [2.05, 4.69) is 9.46 Å². The summed E-state index contributed by atoms with van der Waals surface area (Å²) in [6, 6.07) is 3.14. The Morgan fingerprint density at radius 3 is 2.65 bits per heavy atom. The van der Waals surface area contributed by atoms with Crippen molar-refractivity contribution in [1.82, 2.24) is 0 Å². The van der Waals surface area contributed by atoms with Crippen LogP contribution in [0.3, 0.4) is 0 Å². The molecule has 1 N–H and O–H groups in total. The highest BCUT2D eigenvalue weighted by Gasteiger charge is 2.16. The Labute approximate surface area is 98.6 Å². The van der Waals surface area contributed by atoms with Crippen LogP contribution in [0.15, 0.2) is 18.2 Å². The average Bonchev–Trinajstić information content (AvgIpc) is 2.28. The molecule has 0 spiro atoms. The van der Waals surface area contributed by atoms with E-state index in [0.29, 0.717) is 0 Å². The number of hydrogen-bond acceptors (Lipinski definition) is 4. The molecule has 0 amide bonds. The molecule has 17 heavy (non-hydrogen) atoms. The van der Waals surface area contributed by atoms with Crippen LogP contribution in [-0.2, 0) is 14.8 Å². The number of ether oxygens (including phenoxy) is 1. The number of carbonyl (C=O) groups is 1. The first-order chi connectivity index (χ1) is 7.89. The van der Waals surface area contributed by atoms with Gasteiger partial charge in [0.25, 0.3) is 0 Å². The second-order valence-electron chi connectivity index (χ2n) is 3.19. The Morgan fingerprint density at radius 1 is 1.47 bits per heavy atom. The van der Waals surface area contributed by atoms with Crippen LogP contribution in [-0.4, -0.2) is 27.2 Å². The van der Waals surface area contributed by atoms with E-state index in [-0.39, 0.29) is 17.0 Å². The summed E-state index contributed by atoms with van der Waals surface area (Å²) in [5.41, 5.74) is -0.162. The third kappa shape index (κ3) is 3.42. The van der Waals surface area contributed by atoms with Gasteiger partial charge in [0.1, 0.15) is 5.82 Å². The monoisotopic (exact) mass is 261 g/mol. The minimum atomic E-state index is -3.58. The highest BCUT2D eigenvalue weighted by Crippen LogP contribution is 2.19. The number of anilines is 1. The van der Waals surface area contributed by atoms with Crippen molar-refractivity contribution >= 4 is 21.7 Å². The van der Waals surface area contributed by atoms with Gasteiger partial charge in [-0.25, -0.2) is 17.6 Å².